The van der Waals surface area contributed by atoms with Crippen molar-refractivity contribution in [3.05, 3.63) is 0 Å². The Morgan fingerprint density at radius 3 is 2.17 bits per heavy atom. The minimum Gasteiger partial charge on any atom is -0.480 e. The van der Waals surface area contributed by atoms with E-state index < -0.39 is 23.5 Å². The topological polar surface area (TPSA) is 105 Å². The number of carboxylic acid groups (broad SMARTS) is 1. The molecule has 0 radical (unpaired) electrons. The largest absolute Gasteiger partial charge is 0.480 e. The van der Waals surface area contributed by atoms with Crippen molar-refractivity contribution in [3.63, 3.8) is 0 Å². The maximum atomic E-state index is 12.1. The molecule has 0 saturated carbocycles. The Hall–Kier alpha value is -1.63. The van der Waals surface area contributed by atoms with Crippen LogP contribution in [0.5, 0.6) is 0 Å². The van der Waals surface area contributed by atoms with E-state index in [1.165, 1.54) is 6.92 Å². The van der Waals surface area contributed by atoms with Crippen LogP contribution >= 0.6 is 0 Å². The third kappa shape index (κ3) is 10.2. The number of hydrogen-bond acceptors (Lipinski definition) is 4. The average Bonchev–Trinajstić information content (AvgIpc) is 2.41. The first kappa shape index (κ1) is 22.4. The molecule has 2 atom stereocenters. The molecule has 3 N–H and O–H groups in total. The van der Waals surface area contributed by atoms with E-state index in [2.05, 4.69) is 10.6 Å². The van der Waals surface area contributed by atoms with E-state index in [1.807, 2.05) is 34.6 Å². The summed E-state index contributed by atoms with van der Waals surface area (Å²) < 4.78 is 5.71. The maximum Gasteiger partial charge on any atom is 0.326 e. The average molecular weight is 344 g/mol. The second-order valence-corrected chi connectivity index (χ2v) is 7.30. The van der Waals surface area contributed by atoms with E-state index in [0.29, 0.717) is 13.0 Å². The third-order valence-electron chi connectivity index (χ3n) is 3.75. The smallest absolute Gasteiger partial charge is 0.326 e. The van der Waals surface area contributed by atoms with Crippen LogP contribution in [-0.4, -0.2) is 46.7 Å². The summed E-state index contributed by atoms with van der Waals surface area (Å²) in [6.45, 7) is 11.6. The summed E-state index contributed by atoms with van der Waals surface area (Å²) in [6, 6.07) is -1.05. The second-order valence-electron chi connectivity index (χ2n) is 7.30. The van der Waals surface area contributed by atoms with E-state index in [9.17, 15) is 14.4 Å². The van der Waals surface area contributed by atoms with Crippen molar-refractivity contribution >= 4 is 17.8 Å². The maximum absolute atomic E-state index is 12.1. The Morgan fingerprint density at radius 2 is 1.75 bits per heavy atom. The summed E-state index contributed by atoms with van der Waals surface area (Å²) in [5, 5.41) is 14.3. The molecule has 0 aliphatic carbocycles. The lowest BCUT2D eigenvalue weighted by molar-refractivity contribution is -0.141. The van der Waals surface area contributed by atoms with E-state index in [0.717, 1.165) is 6.42 Å². The van der Waals surface area contributed by atoms with E-state index >= 15 is 0 Å². The number of aliphatic carboxylic acids is 1. The highest BCUT2D eigenvalue weighted by Crippen LogP contribution is 2.17. The fourth-order valence-electron chi connectivity index (χ4n) is 2.09. The number of hydrogen-bond donors (Lipinski definition) is 3. The van der Waals surface area contributed by atoms with Gasteiger partial charge in [-0.1, -0.05) is 6.92 Å². The molecule has 2 amide bonds. The van der Waals surface area contributed by atoms with Crippen molar-refractivity contribution in [3.8, 4) is 0 Å². The van der Waals surface area contributed by atoms with Gasteiger partial charge in [-0.05, 0) is 47.0 Å². The lowest BCUT2D eigenvalue weighted by Gasteiger charge is -2.31. The van der Waals surface area contributed by atoms with Crippen LogP contribution in [-0.2, 0) is 19.1 Å². The van der Waals surface area contributed by atoms with E-state index in [1.54, 1.807) is 0 Å². The van der Waals surface area contributed by atoms with Crippen molar-refractivity contribution in [1.29, 1.82) is 0 Å². The predicted octanol–water partition coefficient (Wildman–Crippen LogP) is 1.85. The molecule has 24 heavy (non-hydrogen) atoms. The molecule has 1 unspecified atom stereocenters. The Kier molecular flexibility index (Phi) is 8.96. The molecule has 0 aliphatic heterocycles. The molecule has 0 aromatic rings. The summed E-state index contributed by atoms with van der Waals surface area (Å²) in [4.78, 5) is 34.2. The molecular formula is C17H32N2O5. The van der Waals surface area contributed by atoms with E-state index in [-0.39, 0.29) is 24.3 Å². The Bertz CT molecular complexity index is 445. The number of ether oxygens (including phenoxy) is 1. The van der Waals surface area contributed by atoms with Gasteiger partial charge < -0.3 is 20.5 Å². The highest BCUT2D eigenvalue weighted by Gasteiger charge is 2.26. The molecule has 7 nitrogen and oxygen atoms in total. The zero-order chi connectivity index (χ0) is 19.0. The van der Waals surface area contributed by atoms with Crippen LogP contribution in [0.25, 0.3) is 0 Å². The molecule has 0 aliphatic rings. The van der Waals surface area contributed by atoms with Crippen LogP contribution in [0.1, 0.15) is 67.2 Å². The number of nitrogens with one attached hydrogen (secondary N) is 2. The van der Waals surface area contributed by atoms with Crippen molar-refractivity contribution in [1.82, 2.24) is 10.6 Å². The van der Waals surface area contributed by atoms with Crippen LogP contribution in [0.15, 0.2) is 0 Å². The SMILES string of the molecule is CCC(C)(CCOC(C)(C)C)NC(=O)CC[C@H](NC(C)=O)C(=O)O. The Morgan fingerprint density at radius 1 is 1.17 bits per heavy atom. The quantitative estimate of drug-likeness (QED) is 0.561. The number of carbonyl (C=O) groups is 3. The highest BCUT2D eigenvalue weighted by molar-refractivity contribution is 5.83. The van der Waals surface area contributed by atoms with Crippen molar-refractivity contribution in [2.24, 2.45) is 0 Å². The summed E-state index contributed by atoms with van der Waals surface area (Å²) in [5.41, 5.74) is -0.638. The van der Waals surface area contributed by atoms with Crippen molar-refractivity contribution < 1.29 is 24.2 Å². The van der Waals surface area contributed by atoms with Gasteiger partial charge in [-0.2, -0.15) is 0 Å². The fraction of sp³-hybridized carbons (Fsp3) is 0.824. The first-order chi connectivity index (χ1) is 10.9. The van der Waals surface area contributed by atoms with Gasteiger partial charge >= 0.3 is 5.97 Å². The van der Waals surface area contributed by atoms with E-state index in [4.69, 9.17) is 9.84 Å². The molecular weight excluding hydrogens is 312 g/mol. The van der Waals surface area contributed by atoms with Crippen molar-refractivity contribution in [2.75, 3.05) is 6.61 Å². The predicted molar refractivity (Wildman–Crippen MR) is 91.6 cm³/mol. The van der Waals surface area contributed by atoms with Crippen LogP contribution in [0.4, 0.5) is 0 Å². The van der Waals surface area contributed by atoms with Gasteiger partial charge in [0.05, 0.1) is 5.60 Å². The zero-order valence-corrected chi connectivity index (χ0v) is 15.7. The minimum absolute atomic E-state index is 0.0347. The number of amides is 2. The Balaban J connectivity index is 4.47. The lowest BCUT2D eigenvalue weighted by Crippen LogP contribution is -2.47. The third-order valence-corrected chi connectivity index (χ3v) is 3.75. The molecule has 7 heteroatoms. The standard InChI is InChI=1S/C17H32N2O5/c1-7-17(6,10-11-24-16(3,4)5)19-14(21)9-8-13(15(22)23)18-12(2)20/h13H,7-11H2,1-6H3,(H,18,20)(H,19,21)(H,22,23)/t13-,17?/m0/s1. The molecule has 0 aromatic heterocycles. The Labute approximate surface area is 144 Å². The van der Waals surface area contributed by atoms with Crippen LogP contribution < -0.4 is 10.6 Å². The summed E-state index contributed by atoms with van der Waals surface area (Å²) >= 11 is 0. The summed E-state index contributed by atoms with van der Waals surface area (Å²) in [7, 11) is 0. The summed E-state index contributed by atoms with van der Waals surface area (Å²) in [6.07, 6.45) is 1.49. The molecule has 0 rings (SSSR count). The normalized spacial score (nSPS) is 15.2. The van der Waals surface area contributed by atoms with Gasteiger partial charge in [-0.3, -0.25) is 9.59 Å². The van der Waals surface area contributed by atoms with Gasteiger partial charge in [-0.15, -0.1) is 0 Å². The van der Waals surface area contributed by atoms with Gasteiger partial charge in [0.2, 0.25) is 11.8 Å². The first-order valence-electron chi connectivity index (χ1n) is 8.33. The highest BCUT2D eigenvalue weighted by atomic mass is 16.5. The van der Waals surface area contributed by atoms with Crippen molar-refractivity contribution in [2.45, 2.75) is 84.4 Å². The fourth-order valence-corrected chi connectivity index (χ4v) is 2.09. The molecule has 140 valence electrons. The molecule has 0 aromatic carbocycles. The molecule has 0 saturated heterocycles. The molecule has 0 heterocycles. The van der Waals surface area contributed by atoms with Gasteiger partial charge in [0.1, 0.15) is 6.04 Å². The van der Waals surface area contributed by atoms with Crippen LogP contribution in [0.3, 0.4) is 0 Å². The molecule has 0 bridgehead atoms. The number of carbonyl (C=O) groups excluding carboxylic acids is 2. The lowest BCUT2D eigenvalue weighted by atomic mass is 9.94. The van der Waals surface area contributed by atoms with Gasteiger partial charge in [0.15, 0.2) is 0 Å². The molecule has 0 spiro atoms. The zero-order valence-electron chi connectivity index (χ0n) is 15.7. The second kappa shape index (κ2) is 9.61. The van der Waals surface area contributed by atoms with Crippen LogP contribution in [0, 0.1) is 0 Å². The monoisotopic (exact) mass is 344 g/mol. The van der Waals surface area contributed by atoms with Gasteiger partial charge in [0, 0.05) is 25.5 Å². The van der Waals surface area contributed by atoms with Crippen LogP contribution in [0.2, 0.25) is 0 Å². The van der Waals surface area contributed by atoms with Gasteiger partial charge in [0.25, 0.3) is 0 Å². The minimum atomic E-state index is -1.14. The number of rotatable bonds is 10. The summed E-state index contributed by atoms with van der Waals surface area (Å²) in [5.74, 6) is -1.80. The molecule has 0 fully saturated rings. The first-order valence-corrected chi connectivity index (χ1v) is 8.33. The van der Waals surface area contributed by atoms with Gasteiger partial charge in [-0.25, -0.2) is 4.79 Å². The number of carboxylic acids is 1.